The Kier molecular flexibility index (Phi) is 6.18. The highest BCUT2D eigenvalue weighted by atomic mass is 16.5. The number of primary amides is 1. The number of benzene rings is 3. The van der Waals surface area contributed by atoms with Crippen LogP contribution in [-0.2, 0) is 9.53 Å². The first-order valence-corrected chi connectivity index (χ1v) is 11.2. The lowest BCUT2D eigenvalue weighted by Gasteiger charge is -2.28. The molecular weight excluding hydrogens is 426 g/mol. The number of nitrogens with two attached hydrogens (primary N) is 1. The van der Waals surface area contributed by atoms with E-state index in [0.717, 1.165) is 59.6 Å². The molecule has 0 aliphatic carbocycles. The van der Waals surface area contributed by atoms with Gasteiger partial charge in [0, 0.05) is 47.7 Å². The lowest BCUT2D eigenvalue weighted by atomic mass is 10.0. The summed E-state index contributed by atoms with van der Waals surface area (Å²) in [7, 11) is 0. The molecule has 5 rings (SSSR count). The van der Waals surface area contributed by atoms with Gasteiger partial charge in [-0.05, 0) is 47.5 Å². The number of carbonyl (C=O) groups is 1. The van der Waals surface area contributed by atoms with Crippen LogP contribution in [0, 0.1) is 0 Å². The van der Waals surface area contributed by atoms with Gasteiger partial charge in [0.15, 0.2) is 0 Å². The predicted octanol–water partition coefficient (Wildman–Crippen LogP) is 4.38. The van der Waals surface area contributed by atoms with Crippen molar-refractivity contribution in [2.24, 2.45) is 5.73 Å². The van der Waals surface area contributed by atoms with Gasteiger partial charge >= 0.3 is 0 Å². The zero-order valence-electron chi connectivity index (χ0n) is 18.6. The van der Waals surface area contributed by atoms with E-state index in [4.69, 9.17) is 15.5 Å². The Hall–Kier alpha value is -4.23. The Morgan fingerprint density at radius 2 is 1.82 bits per heavy atom. The summed E-state index contributed by atoms with van der Waals surface area (Å²) >= 11 is 0. The summed E-state index contributed by atoms with van der Waals surface area (Å²) in [6.45, 7) is 3.33. The van der Waals surface area contributed by atoms with E-state index in [1.54, 1.807) is 6.08 Å². The molecule has 7 heteroatoms. The highest BCUT2D eigenvalue weighted by Gasteiger charge is 2.12. The average molecular weight is 452 g/mol. The molecule has 1 aliphatic rings. The normalized spacial score (nSPS) is 13.9. The second-order valence-electron chi connectivity index (χ2n) is 8.07. The summed E-state index contributed by atoms with van der Waals surface area (Å²) in [4.78, 5) is 22.7. The van der Waals surface area contributed by atoms with E-state index >= 15 is 0 Å². The van der Waals surface area contributed by atoms with Crippen molar-refractivity contribution >= 4 is 40.2 Å². The van der Waals surface area contributed by atoms with Gasteiger partial charge in [-0.1, -0.05) is 36.4 Å². The minimum absolute atomic E-state index is 0.475. The number of hydrogen-bond donors (Lipinski definition) is 2. The number of nitrogens with one attached hydrogen (secondary N) is 1. The van der Waals surface area contributed by atoms with Crippen molar-refractivity contribution in [3.63, 3.8) is 0 Å². The van der Waals surface area contributed by atoms with Crippen molar-refractivity contribution in [1.29, 1.82) is 0 Å². The van der Waals surface area contributed by atoms with Crippen LogP contribution in [-0.4, -0.2) is 42.2 Å². The van der Waals surface area contributed by atoms with E-state index in [2.05, 4.69) is 27.3 Å². The Morgan fingerprint density at radius 1 is 1.03 bits per heavy atom. The molecule has 34 heavy (non-hydrogen) atoms. The van der Waals surface area contributed by atoms with Crippen LogP contribution in [0.1, 0.15) is 5.56 Å². The number of para-hydroxylation sites is 1. The SMILES string of the molecule is NC(=O)C=Cc1cccc(-c2cccc3cnc(Nc4ccc(N5CCOCC5)cc4)nc23)c1. The molecule has 0 radical (unpaired) electrons. The van der Waals surface area contributed by atoms with E-state index < -0.39 is 5.91 Å². The Balaban J connectivity index is 1.42. The minimum Gasteiger partial charge on any atom is -0.378 e. The maximum atomic E-state index is 11.1. The van der Waals surface area contributed by atoms with Crippen molar-refractivity contribution in [2.75, 3.05) is 36.5 Å². The summed E-state index contributed by atoms with van der Waals surface area (Å²) in [6, 6.07) is 22.2. The monoisotopic (exact) mass is 451 g/mol. The number of aromatic nitrogens is 2. The predicted molar refractivity (Wildman–Crippen MR) is 136 cm³/mol. The first-order valence-electron chi connectivity index (χ1n) is 11.2. The molecular formula is C27H25N5O2. The summed E-state index contributed by atoms with van der Waals surface area (Å²) in [5.41, 5.74) is 11.1. The summed E-state index contributed by atoms with van der Waals surface area (Å²) in [5, 5.41) is 4.27. The molecule has 7 nitrogen and oxygen atoms in total. The third-order valence-corrected chi connectivity index (χ3v) is 5.75. The number of anilines is 3. The minimum atomic E-state index is -0.475. The maximum Gasteiger partial charge on any atom is 0.241 e. The number of ether oxygens (including phenoxy) is 1. The molecule has 1 fully saturated rings. The quantitative estimate of drug-likeness (QED) is 0.423. The molecule has 2 heterocycles. The van der Waals surface area contributed by atoms with Gasteiger partial charge in [0.2, 0.25) is 11.9 Å². The van der Waals surface area contributed by atoms with Crippen molar-refractivity contribution in [2.45, 2.75) is 0 Å². The first-order chi connectivity index (χ1) is 16.7. The molecule has 4 aromatic rings. The van der Waals surface area contributed by atoms with Crippen molar-refractivity contribution in [3.05, 3.63) is 84.6 Å². The molecule has 0 atom stereocenters. The molecule has 3 aromatic carbocycles. The van der Waals surface area contributed by atoms with E-state index in [0.29, 0.717) is 5.95 Å². The van der Waals surface area contributed by atoms with Gasteiger partial charge < -0.3 is 20.7 Å². The van der Waals surface area contributed by atoms with Gasteiger partial charge in [-0.3, -0.25) is 4.79 Å². The van der Waals surface area contributed by atoms with E-state index in [1.165, 1.54) is 11.8 Å². The van der Waals surface area contributed by atoms with Crippen LogP contribution in [0.25, 0.3) is 28.1 Å². The zero-order chi connectivity index (χ0) is 23.3. The van der Waals surface area contributed by atoms with E-state index in [9.17, 15) is 4.79 Å². The van der Waals surface area contributed by atoms with Crippen LogP contribution in [0.3, 0.4) is 0 Å². The van der Waals surface area contributed by atoms with Crippen LogP contribution < -0.4 is 16.0 Å². The highest BCUT2D eigenvalue weighted by Crippen LogP contribution is 2.29. The number of carbonyl (C=O) groups excluding carboxylic acids is 1. The Labute approximate surface area is 197 Å². The number of rotatable bonds is 6. The zero-order valence-corrected chi connectivity index (χ0v) is 18.6. The summed E-state index contributed by atoms with van der Waals surface area (Å²) in [5.74, 6) is 0.0563. The first kappa shape index (κ1) is 21.6. The van der Waals surface area contributed by atoms with Gasteiger partial charge in [0.05, 0.1) is 18.7 Å². The van der Waals surface area contributed by atoms with Crippen molar-refractivity contribution in [3.8, 4) is 11.1 Å². The second-order valence-corrected chi connectivity index (χ2v) is 8.07. The molecule has 0 bridgehead atoms. The maximum absolute atomic E-state index is 11.1. The van der Waals surface area contributed by atoms with Crippen molar-refractivity contribution in [1.82, 2.24) is 9.97 Å². The number of fused-ring (bicyclic) bond motifs is 1. The van der Waals surface area contributed by atoms with E-state index in [1.807, 2.05) is 60.8 Å². The molecule has 1 amide bonds. The highest BCUT2D eigenvalue weighted by molar-refractivity contribution is 5.95. The molecule has 170 valence electrons. The van der Waals surface area contributed by atoms with Gasteiger partial charge in [-0.2, -0.15) is 0 Å². The molecule has 1 saturated heterocycles. The molecule has 1 aromatic heterocycles. The van der Waals surface area contributed by atoms with Gasteiger partial charge in [0.1, 0.15) is 0 Å². The average Bonchev–Trinajstić information content (AvgIpc) is 2.88. The van der Waals surface area contributed by atoms with Crippen LogP contribution in [0.5, 0.6) is 0 Å². The van der Waals surface area contributed by atoms with Crippen LogP contribution in [0.2, 0.25) is 0 Å². The van der Waals surface area contributed by atoms with Crippen LogP contribution in [0.4, 0.5) is 17.3 Å². The third-order valence-electron chi connectivity index (χ3n) is 5.75. The van der Waals surface area contributed by atoms with Crippen LogP contribution in [0.15, 0.2) is 79.0 Å². The standard InChI is InChI=1S/C27H25N5O2/c28-25(33)12-7-19-3-1-4-20(17-19)24-6-2-5-21-18-29-27(31-26(21)24)30-22-8-10-23(11-9-22)32-13-15-34-16-14-32/h1-12,17-18H,13-16H2,(H2,28,33)(H,29,30,31). The van der Waals surface area contributed by atoms with Crippen LogP contribution >= 0.6 is 0 Å². The number of hydrogen-bond acceptors (Lipinski definition) is 6. The summed E-state index contributed by atoms with van der Waals surface area (Å²) < 4.78 is 5.44. The Bertz CT molecular complexity index is 1340. The molecule has 0 saturated carbocycles. The fraction of sp³-hybridized carbons (Fsp3) is 0.148. The molecule has 3 N–H and O–H groups in total. The molecule has 1 aliphatic heterocycles. The lowest BCUT2D eigenvalue weighted by Crippen LogP contribution is -2.36. The van der Waals surface area contributed by atoms with Crippen molar-refractivity contribution < 1.29 is 9.53 Å². The summed E-state index contributed by atoms with van der Waals surface area (Å²) in [6.07, 6.45) is 4.89. The fourth-order valence-corrected chi connectivity index (χ4v) is 4.04. The number of nitrogens with zero attached hydrogens (tertiary/aromatic N) is 3. The van der Waals surface area contributed by atoms with Gasteiger partial charge in [-0.25, -0.2) is 9.97 Å². The number of morpholine rings is 1. The Morgan fingerprint density at radius 3 is 2.62 bits per heavy atom. The fourth-order valence-electron chi connectivity index (χ4n) is 4.04. The number of amides is 1. The topological polar surface area (TPSA) is 93.4 Å². The van der Waals surface area contributed by atoms with Gasteiger partial charge in [-0.15, -0.1) is 0 Å². The largest absolute Gasteiger partial charge is 0.378 e. The van der Waals surface area contributed by atoms with Gasteiger partial charge in [0.25, 0.3) is 0 Å². The lowest BCUT2D eigenvalue weighted by molar-refractivity contribution is -0.113. The molecule has 0 spiro atoms. The third kappa shape index (κ3) is 4.89. The molecule has 0 unspecified atom stereocenters. The van der Waals surface area contributed by atoms with E-state index in [-0.39, 0.29) is 0 Å². The smallest absolute Gasteiger partial charge is 0.241 e. The second kappa shape index (κ2) is 9.72.